The van der Waals surface area contributed by atoms with Crippen molar-refractivity contribution >= 4 is 17.4 Å². The maximum Gasteiger partial charge on any atom is 0.337 e. The molecular weight excluding hydrogens is 314 g/mol. The molecule has 0 saturated carbocycles. The van der Waals surface area contributed by atoms with Gasteiger partial charge in [0.05, 0.1) is 5.70 Å². The minimum absolute atomic E-state index is 0.355. The van der Waals surface area contributed by atoms with E-state index in [0.717, 1.165) is 24.4 Å². The molecule has 130 valence electrons. The van der Waals surface area contributed by atoms with Crippen molar-refractivity contribution in [2.45, 2.75) is 32.6 Å². The number of amides is 2. The molecule has 0 spiro atoms. The highest BCUT2D eigenvalue weighted by Gasteiger charge is 2.13. The molecule has 3 rings (SSSR count). The molecule has 0 radical (unpaired) electrons. The van der Waals surface area contributed by atoms with Crippen LogP contribution in [0.5, 0.6) is 0 Å². The standard InChI is InChI=1S/C19H23N5O/c1-13-5-7-15-9-10-17(12-16(15)8-6-13)21-19(25)24-22-14(2)18-4-3-11-20-23-18/h3-4,9-13,22H,2,5-8H2,1H3,(H2,21,24,25). The molecule has 0 saturated heterocycles. The second kappa shape index (κ2) is 7.79. The van der Waals surface area contributed by atoms with Gasteiger partial charge in [-0.3, -0.25) is 10.9 Å². The lowest BCUT2D eigenvalue weighted by molar-refractivity contribution is 0.250. The van der Waals surface area contributed by atoms with Crippen LogP contribution in [-0.4, -0.2) is 16.2 Å². The molecule has 1 aromatic carbocycles. The van der Waals surface area contributed by atoms with Crippen molar-refractivity contribution in [3.63, 3.8) is 0 Å². The number of hydrazine groups is 1. The molecule has 25 heavy (non-hydrogen) atoms. The van der Waals surface area contributed by atoms with E-state index in [2.05, 4.69) is 52.0 Å². The summed E-state index contributed by atoms with van der Waals surface area (Å²) in [5, 5.41) is 10.5. The quantitative estimate of drug-likeness (QED) is 0.591. The first-order valence-corrected chi connectivity index (χ1v) is 8.53. The van der Waals surface area contributed by atoms with E-state index in [4.69, 9.17) is 0 Å². The number of carbonyl (C=O) groups is 1. The first-order chi connectivity index (χ1) is 12.1. The van der Waals surface area contributed by atoms with E-state index in [1.165, 1.54) is 24.0 Å². The third-order valence-corrected chi connectivity index (χ3v) is 4.49. The summed E-state index contributed by atoms with van der Waals surface area (Å²) in [6.45, 7) is 6.12. The molecule has 2 amide bonds. The number of aromatic nitrogens is 2. The van der Waals surface area contributed by atoms with Crippen LogP contribution in [0.4, 0.5) is 10.5 Å². The van der Waals surface area contributed by atoms with Gasteiger partial charge in [0.2, 0.25) is 0 Å². The van der Waals surface area contributed by atoms with Gasteiger partial charge in [0.1, 0.15) is 5.69 Å². The van der Waals surface area contributed by atoms with E-state index >= 15 is 0 Å². The van der Waals surface area contributed by atoms with Crippen LogP contribution in [0.1, 0.15) is 36.6 Å². The third kappa shape index (κ3) is 4.56. The Balaban J connectivity index is 1.56. The molecule has 6 heteroatoms. The molecule has 1 unspecified atom stereocenters. The molecule has 0 aliphatic heterocycles. The summed E-state index contributed by atoms with van der Waals surface area (Å²) in [6.07, 6.45) is 6.19. The maximum absolute atomic E-state index is 12.1. The largest absolute Gasteiger partial charge is 0.337 e. The van der Waals surface area contributed by atoms with Crippen molar-refractivity contribution in [3.8, 4) is 0 Å². The lowest BCUT2D eigenvalue weighted by Gasteiger charge is -2.13. The summed E-state index contributed by atoms with van der Waals surface area (Å²) < 4.78 is 0. The van der Waals surface area contributed by atoms with E-state index in [9.17, 15) is 4.79 Å². The smallest absolute Gasteiger partial charge is 0.307 e. The Morgan fingerprint density at radius 2 is 1.96 bits per heavy atom. The topological polar surface area (TPSA) is 78.9 Å². The highest BCUT2D eigenvalue weighted by molar-refractivity contribution is 5.89. The SMILES string of the molecule is C=C(NNC(=O)Nc1ccc2c(c1)CCC(C)CC2)c1cccnn1. The van der Waals surface area contributed by atoms with Crippen LogP contribution >= 0.6 is 0 Å². The Morgan fingerprint density at radius 3 is 2.72 bits per heavy atom. The first-order valence-electron chi connectivity index (χ1n) is 8.53. The number of anilines is 1. The van der Waals surface area contributed by atoms with Gasteiger partial charge in [-0.15, -0.1) is 5.10 Å². The molecule has 1 aliphatic rings. The summed E-state index contributed by atoms with van der Waals surface area (Å²) >= 11 is 0. The van der Waals surface area contributed by atoms with Gasteiger partial charge in [0.25, 0.3) is 0 Å². The van der Waals surface area contributed by atoms with Crippen LogP contribution < -0.4 is 16.2 Å². The Hall–Kier alpha value is -2.89. The Morgan fingerprint density at radius 1 is 1.16 bits per heavy atom. The van der Waals surface area contributed by atoms with E-state index in [1.807, 2.05) is 6.07 Å². The molecule has 3 N–H and O–H groups in total. The highest BCUT2D eigenvalue weighted by atomic mass is 16.2. The molecular formula is C19H23N5O. The number of hydrogen-bond acceptors (Lipinski definition) is 4. The number of nitrogens with one attached hydrogen (secondary N) is 3. The summed E-state index contributed by atoms with van der Waals surface area (Å²) in [5.74, 6) is 0.753. The average molecular weight is 337 g/mol. The number of carbonyl (C=O) groups excluding carboxylic acids is 1. The molecule has 1 heterocycles. The van der Waals surface area contributed by atoms with Crippen LogP contribution in [0.3, 0.4) is 0 Å². The van der Waals surface area contributed by atoms with Crippen molar-refractivity contribution in [2.24, 2.45) is 5.92 Å². The Bertz CT molecular complexity index is 760. The second-order valence-corrected chi connectivity index (χ2v) is 6.46. The lowest BCUT2D eigenvalue weighted by atomic mass is 10.0. The maximum atomic E-state index is 12.1. The molecule has 1 aromatic heterocycles. The molecule has 1 atom stereocenters. The predicted molar refractivity (Wildman–Crippen MR) is 98.6 cm³/mol. The number of urea groups is 1. The Labute approximate surface area is 147 Å². The summed E-state index contributed by atoms with van der Waals surface area (Å²) in [6, 6.07) is 9.30. The normalized spacial score (nSPS) is 16.3. The number of hydrogen-bond donors (Lipinski definition) is 3. The van der Waals surface area contributed by atoms with Gasteiger partial charge in [-0.1, -0.05) is 19.6 Å². The predicted octanol–water partition coefficient (Wildman–Crippen LogP) is 3.29. The van der Waals surface area contributed by atoms with Gasteiger partial charge in [-0.05, 0) is 67.0 Å². The second-order valence-electron chi connectivity index (χ2n) is 6.46. The van der Waals surface area contributed by atoms with E-state index < -0.39 is 0 Å². The minimum Gasteiger partial charge on any atom is -0.307 e. The molecule has 6 nitrogen and oxygen atoms in total. The lowest BCUT2D eigenvalue weighted by Crippen LogP contribution is -2.39. The van der Waals surface area contributed by atoms with E-state index in [1.54, 1.807) is 18.3 Å². The van der Waals surface area contributed by atoms with Crippen LogP contribution in [0.2, 0.25) is 0 Å². The van der Waals surface area contributed by atoms with Gasteiger partial charge in [0, 0.05) is 11.9 Å². The highest BCUT2D eigenvalue weighted by Crippen LogP contribution is 2.26. The number of fused-ring (bicyclic) bond motifs is 1. The molecule has 0 bridgehead atoms. The van der Waals surface area contributed by atoms with Gasteiger partial charge in [-0.2, -0.15) is 5.10 Å². The fourth-order valence-electron chi connectivity index (χ4n) is 2.95. The Kier molecular flexibility index (Phi) is 5.28. The van der Waals surface area contributed by atoms with Crippen molar-refractivity contribution in [2.75, 3.05) is 5.32 Å². The van der Waals surface area contributed by atoms with Crippen LogP contribution in [0.25, 0.3) is 5.70 Å². The van der Waals surface area contributed by atoms with Gasteiger partial charge in [0.15, 0.2) is 0 Å². The van der Waals surface area contributed by atoms with Gasteiger partial charge >= 0.3 is 6.03 Å². The fourth-order valence-corrected chi connectivity index (χ4v) is 2.95. The fraction of sp³-hybridized carbons (Fsp3) is 0.316. The van der Waals surface area contributed by atoms with Gasteiger partial charge < -0.3 is 5.32 Å². The van der Waals surface area contributed by atoms with Crippen LogP contribution in [0, 0.1) is 5.92 Å². The number of rotatable bonds is 4. The van der Waals surface area contributed by atoms with Crippen molar-refractivity contribution in [1.29, 1.82) is 0 Å². The third-order valence-electron chi connectivity index (χ3n) is 4.49. The zero-order chi connectivity index (χ0) is 17.6. The minimum atomic E-state index is -0.355. The zero-order valence-corrected chi connectivity index (χ0v) is 14.4. The van der Waals surface area contributed by atoms with E-state index in [0.29, 0.717) is 11.4 Å². The first kappa shape index (κ1) is 17.0. The molecule has 0 fully saturated rings. The van der Waals surface area contributed by atoms with Crippen LogP contribution in [-0.2, 0) is 12.8 Å². The van der Waals surface area contributed by atoms with Crippen molar-refractivity contribution in [1.82, 2.24) is 21.0 Å². The zero-order valence-electron chi connectivity index (χ0n) is 14.4. The summed E-state index contributed by atoms with van der Waals surface area (Å²) in [7, 11) is 0. The monoisotopic (exact) mass is 337 g/mol. The number of benzene rings is 1. The number of nitrogens with zero attached hydrogens (tertiary/aromatic N) is 2. The average Bonchev–Trinajstić information content (AvgIpc) is 2.82. The number of aryl methyl sites for hydroxylation is 2. The van der Waals surface area contributed by atoms with Crippen LogP contribution in [0.15, 0.2) is 43.1 Å². The summed E-state index contributed by atoms with van der Waals surface area (Å²) in [4.78, 5) is 12.1. The summed E-state index contributed by atoms with van der Waals surface area (Å²) in [5.41, 5.74) is 9.86. The van der Waals surface area contributed by atoms with Crippen molar-refractivity contribution in [3.05, 3.63) is 59.9 Å². The van der Waals surface area contributed by atoms with Gasteiger partial charge in [-0.25, -0.2) is 4.79 Å². The van der Waals surface area contributed by atoms with Crippen molar-refractivity contribution < 1.29 is 4.79 Å². The molecule has 1 aliphatic carbocycles. The van der Waals surface area contributed by atoms with E-state index in [-0.39, 0.29) is 6.03 Å². The molecule has 2 aromatic rings.